The quantitative estimate of drug-likeness (QED) is 0.349. The number of hydrogen-bond acceptors (Lipinski definition) is 9. The van der Waals surface area contributed by atoms with Crippen molar-refractivity contribution in [2.24, 2.45) is 0 Å². The molecule has 3 aliphatic rings. The molecule has 0 aromatic rings. The summed E-state index contributed by atoms with van der Waals surface area (Å²) in [6.07, 6.45) is -2.58. The first-order valence-corrected chi connectivity index (χ1v) is 10.4. The maximum Gasteiger partial charge on any atom is 0.326 e. The van der Waals surface area contributed by atoms with Gasteiger partial charge in [0.15, 0.2) is 21.3 Å². The second-order valence-corrected chi connectivity index (χ2v) is 9.09. The summed E-state index contributed by atoms with van der Waals surface area (Å²) in [7, 11) is -2.79. The molecule has 0 saturated carbocycles. The van der Waals surface area contributed by atoms with Crippen molar-refractivity contribution in [1.82, 2.24) is 9.80 Å². The zero-order valence-corrected chi connectivity index (χ0v) is 16.4. The van der Waals surface area contributed by atoms with Gasteiger partial charge in [-0.15, -0.1) is 0 Å². The summed E-state index contributed by atoms with van der Waals surface area (Å²) in [5.74, 6) is -4.45. The topological polar surface area (TPSA) is 168 Å². The van der Waals surface area contributed by atoms with Crippen molar-refractivity contribution < 1.29 is 47.3 Å². The molecule has 0 aromatic heterocycles. The van der Waals surface area contributed by atoms with Gasteiger partial charge < -0.3 is 24.6 Å². The van der Waals surface area contributed by atoms with Gasteiger partial charge in [-0.25, -0.2) is 13.2 Å². The Hall–Kier alpha value is -2.51. The van der Waals surface area contributed by atoms with E-state index in [1.54, 1.807) is 0 Å². The minimum atomic E-state index is -3.95. The number of β-lactam (4-membered cyclic amide) rings is 1. The van der Waals surface area contributed by atoms with E-state index in [9.17, 15) is 37.8 Å². The van der Waals surface area contributed by atoms with Gasteiger partial charge in [0.2, 0.25) is 0 Å². The molecule has 4 atom stereocenters. The molecule has 2 fully saturated rings. The molecule has 3 aliphatic heterocycles. The number of methoxy groups -OCH3 is 1. The number of β-amino-alcohol motifs (C(OH)–C–C–N with tert-alkyl or cyclic N) is 1. The number of carbonyl (C=O) groups excluding carboxylic acids is 3. The molecular weight excluding hydrogens is 412 g/mol. The second-order valence-electron chi connectivity index (χ2n) is 7.00. The Kier molecular flexibility index (Phi) is 5.40. The van der Waals surface area contributed by atoms with E-state index in [-0.39, 0.29) is 24.2 Å². The summed E-state index contributed by atoms with van der Waals surface area (Å²) < 4.78 is 35.0. The van der Waals surface area contributed by atoms with E-state index in [1.807, 2.05) is 0 Å². The number of amides is 2. The Bertz CT molecular complexity index is 911. The lowest BCUT2D eigenvalue weighted by Crippen LogP contribution is -2.71. The molecule has 2 N–H and O–H groups in total. The van der Waals surface area contributed by atoms with Crippen molar-refractivity contribution in [3.05, 3.63) is 11.3 Å². The number of sulfone groups is 1. The monoisotopic (exact) mass is 432 g/mol. The fraction of sp³-hybridized carbons (Fsp3) is 0.625. The fourth-order valence-electron chi connectivity index (χ4n) is 3.77. The van der Waals surface area contributed by atoms with Gasteiger partial charge >= 0.3 is 11.9 Å². The third kappa shape index (κ3) is 3.49. The van der Waals surface area contributed by atoms with Crippen LogP contribution in [-0.2, 0) is 38.5 Å². The minimum Gasteiger partial charge on any atom is -0.480 e. The van der Waals surface area contributed by atoms with E-state index in [4.69, 9.17) is 9.47 Å². The SMILES string of the molecule is CO[C@H]1C(=O)N2C(C(=O)N3CC(O)CC3C(=O)O)=C(COC(C)=O)CS(=O)(=O)[C@H]12. The van der Waals surface area contributed by atoms with Crippen LogP contribution in [0.4, 0.5) is 0 Å². The van der Waals surface area contributed by atoms with E-state index in [0.29, 0.717) is 0 Å². The first-order valence-electron chi connectivity index (χ1n) is 8.64. The molecule has 160 valence electrons. The van der Waals surface area contributed by atoms with Crippen LogP contribution in [0.25, 0.3) is 0 Å². The maximum absolute atomic E-state index is 13.2. The lowest BCUT2D eigenvalue weighted by atomic mass is 10.0. The van der Waals surface area contributed by atoms with E-state index in [1.165, 1.54) is 0 Å². The number of likely N-dealkylation sites (tertiary alicyclic amines) is 1. The third-order valence-corrected chi connectivity index (χ3v) is 6.99. The summed E-state index contributed by atoms with van der Waals surface area (Å²) in [4.78, 5) is 49.9. The second kappa shape index (κ2) is 7.39. The smallest absolute Gasteiger partial charge is 0.326 e. The average molecular weight is 432 g/mol. The molecule has 0 bridgehead atoms. The van der Waals surface area contributed by atoms with Crippen LogP contribution in [-0.4, -0.2) is 102 Å². The minimum absolute atomic E-state index is 0.144. The van der Waals surface area contributed by atoms with Crippen molar-refractivity contribution in [3.8, 4) is 0 Å². The molecule has 0 aliphatic carbocycles. The Morgan fingerprint density at radius 3 is 2.48 bits per heavy atom. The molecule has 2 amide bonds. The Balaban J connectivity index is 2.06. The number of nitrogens with zero attached hydrogens (tertiary/aromatic N) is 2. The fourth-order valence-corrected chi connectivity index (χ4v) is 5.78. The van der Waals surface area contributed by atoms with Crippen molar-refractivity contribution >= 4 is 33.6 Å². The van der Waals surface area contributed by atoms with Crippen molar-refractivity contribution in [2.75, 3.05) is 26.0 Å². The van der Waals surface area contributed by atoms with Crippen LogP contribution in [0.15, 0.2) is 11.3 Å². The van der Waals surface area contributed by atoms with Crippen LogP contribution in [0.5, 0.6) is 0 Å². The van der Waals surface area contributed by atoms with Gasteiger partial charge in [0.1, 0.15) is 18.3 Å². The molecule has 2 saturated heterocycles. The highest BCUT2D eigenvalue weighted by molar-refractivity contribution is 7.92. The zero-order chi connectivity index (χ0) is 21.7. The number of aliphatic carboxylic acids is 1. The number of esters is 1. The highest BCUT2D eigenvalue weighted by Crippen LogP contribution is 2.39. The number of aliphatic hydroxyl groups excluding tert-OH is 1. The lowest BCUT2D eigenvalue weighted by Gasteiger charge is -2.49. The van der Waals surface area contributed by atoms with Crippen LogP contribution < -0.4 is 0 Å². The highest BCUT2D eigenvalue weighted by Gasteiger charge is 2.61. The summed E-state index contributed by atoms with van der Waals surface area (Å²) in [5.41, 5.74) is -0.500. The molecule has 3 rings (SSSR count). The molecule has 0 radical (unpaired) electrons. The van der Waals surface area contributed by atoms with Crippen LogP contribution >= 0.6 is 0 Å². The van der Waals surface area contributed by atoms with Gasteiger partial charge in [-0.05, 0) is 0 Å². The largest absolute Gasteiger partial charge is 0.480 e. The number of rotatable bonds is 5. The van der Waals surface area contributed by atoms with Gasteiger partial charge in [0, 0.05) is 32.6 Å². The number of carboxylic acids is 1. The Morgan fingerprint density at radius 2 is 1.93 bits per heavy atom. The van der Waals surface area contributed by atoms with Gasteiger partial charge in [-0.2, -0.15) is 0 Å². The van der Waals surface area contributed by atoms with Crippen LogP contribution in [0.2, 0.25) is 0 Å². The predicted molar refractivity (Wildman–Crippen MR) is 92.6 cm³/mol. The molecule has 12 nitrogen and oxygen atoms in total. The maximum atomic E-state index is 13.2. The first-order chi connectivity index (χ1) is 13.5. The van der Waals surface area contributed by atoms with E-state index < -0.39 is 69.6 Å². The Morgan fingerprint density at radius 1 is 1.28 bits per heavy atom. The number of ether oxygens (including phenoxy) is 2. The summed E-state index contributed by atoms with van der Waals surface area (Å²) in [6, 6.07) is -1.34. The highest BCUT2D eigenvalue weighted by atomic mass is 32.2. The number of hydrogen-bond donors (Lipinski definition) is 2. The number of carbonyl (C=O) groups is 4. The molecular formula is C16H20N2O10S. The number of fused-ring (bicyclic) bond motifs is 1. The van der Waals surface area contributed by atoms with Crippen molar-refractivity contribution in [3.63, 3.8) is 0 Å². The molecule has 29 heavy (non-hydrogen) atoms. The first kappa shape index (κ1) is 21.2. The molecule has 0 spiro atoms. The molecule has 2 unspecified atom stereocenters. The predicted octanol–water partition coefficient (Wildman–Crippen LogP) is -2.54. The van der Waals surface area contributed by atoms with E-state index in [0.717, 1.165) is 23.8 Å². The molecule has 13 heteroatoms. The van der Waals surface area contributed by atoms with Gasteiger partial charge in [-0.3, -0.25) is 19.3 Å². The average Bonchev–Trinajstić information content (AvgIpc) is 3.01. The lowest BCUT2D eigenvalue weighted by molar-refractivity contribution is -0.162. The summed E-state index contributed by atoms with van der Waals surface area (Å²) in [6.45, 7) is 0.237. The number of carboxylic acid groups (broad SMARTS) is 1. The van der Waals surface area contributed by atoms with Crippen LogP contribution in [0, 0.1) is 0 Å². The van der Waals surface area contributed by atoms with Crippen LogP contribution in [0.1, 0.15) is 13.3 Å². The van der Waals surface area contributed by atoms with Gasteiger partial charge in [0.25, 0.3) is 11.8 Å². The number of aliphatic hydroxyl groups is 1. The summed E-state index contributed by atoms with van der Waals surface area (Å²) in [5, 5.41) is 17.7. The van der Waals surface area contributed by atoms with E-state index >= 15 is 0 Å². The summed E-state index contributed by atoms with van der Waals surface area (Å²) >= 11 is 0. The van der Waals surface area contributed by atoms with Crippen molar-refractivity contribution in [2.45, 2.75) is 37.0 Å². The standard InChI is InChI=1S/C16H20N2O10S/c1-7(19)28-5-8-6-29(25,26)15-12(27-2)14(22)18(15)11(8)13(21)17-4-9(20)3-10(17)16(23)24/h9-10,12,15,20H,3-6H2,1-2H3,(H,23,24)/t9?,10?,12-,15+/m0/s1. The van der Waals surface area contributed by atoms with Crippen molar-refractivity contribution in [1.29, 1.82) is 0 Å². The van der Waals surface area contributed by atoms with Crippen LogP contribution in [0.3, 0.4) is 0 Å². The normalized spacial score (nSPS) is 30.7. The van der Waals surface area contributed by atoms with E-state index in [2.05, 4.69) is 0 Å². The molecule has 3 heterocycles. The third-order valence-electron chi connectivity index (χ3n) is 5.04. The van der Waals surface area contributed by atoms with Gasteiger partial charge in [-0.1, -0.05) is 0 Å². The zero-order valence-electron chi connectivity index (χ0n) is 15.6. The molecule has 0 aromatic carbocycles. The Labute approximate surface area is 165 Å². The van der Waals surface area contributed by atoms with Gasteiger partial charge in [0.05, 0.1) is 11.9 Å².